The number of aliphatic hydroxyl groups excluding tert-OH is 1. The van der Waals surface area contributed by atoms with E-state index < -0.39 is 6.10 Å². The van der Waals surface area contributed by atoms with Crippen LogP contribution in [0, 0.1) is 11.7 Å². The highest BCUT2D eigenvalue weighted by Gasteiger charge is 2.22. The van der Waals surface area contributed by atoms with Gasteiger partial charge >= 0.3 is 0 Å². The van der Waals surface area contributed by atoms with Crippen molar-refractivity contribution in [3.05, 3.63) is 59.5 Å². The van der Waals surface area contributed by atoms with Crippen molar-refractivity contribution in [3.8, 4) is 5.88 Å². The zero-order valence-corrected chi connectivity index (χ0v) is 13.1. The topological polar surface area (TPSA) is 71.5 Å². The first-order valence-corrected chi connectivity index (χ1v) is 7.92. The van der Waals surface area contributed by atoms with E-state index in [9.17, 15) is 14.3 Å². The maximum absolute atomic E-state index is 12.9. The number of carbonyl (C=O) groups is 1. The third kappa shape index (κ3) is 4.52. The summed E-state index contributed by atoms with van der Waals surface area (Å²) in [5, 5.41) is 12.6. The van der Waals surface area contributed by atoms with Crippen LogP contribution in [0.15, 0.2) is 42.6 Å². The summed E-state index contributed by atoms with van der Waals surface area (Å²) in [6.07, 6.45) is 2.96. The van der Waals surface area contributed by atoms with Crippen LogP contribution >= 0.6 is 0 Å². The Kier molecular flexibility index (Phi) is 5.05. The maximum Gasteiger partial charge on any atom is 0.252 e. The number of amides is 1. The number of aromatic nitrogens is 1. The van der Waals surface area contributed by atoms with E-state index in [2.05, 4.69) is 10.3 Å². The van der Waals surface area contributed by atoms with Crippen LogP contribution in [-0.2, 0) is 0 Å². The number of halogens is 1. The van der Waals surface area contributed by atoms with E-state index in [0.29, 0.717) is 29.5 Å². The van der Waals surface area contributed by atoms with Crippen molar-refractivity contribution in [3.63, 3.8) is 0 Å². The largest absolute Gasteiger partial charge is 0.477 e. The summed E-state index contributed by atoms with van der Waals surface area (Å²) in [5.41, 5.74) is 0.929. The zero-order chi connectivity index (χ0) is 16.9. The SMILES string of the molecule is O=C(NCC(O)c1ccc(F)cc1)c1ccc(OCC2CC2)nc1. The van der Waals surface area contributed by atoms with Gasteiger partial charge < -0.3 is 15.2 Å². The van der Waals surface area contributed by atoms with Gasteiger partial charge in [-0.3, -0.25) is 4.79 Å². The van der Waals surface area contributed by atoms with Crippen molar-refractivity contribution in [2.45, 2.75) is 18.9 Å². The summed E-state index contributed by atoms with van der Waals surface area (Å²) < 4.78 is 18.4. The van der Waals surface area contributed by atoms with Gasteiger partial charge in [0, 0.05) is 18.8 Å². The molecule has 1 fully saturated rings. The first kappa shape index (κ1) is 16.4. The lowest BCUT2D eigenvalue weighted by Gasteiger charge is -2.12. The average molecular weight is 330 g/mol. The van der Waals surface area contributed by atoms with Gasteiger partial charge in [-0.05, 0) is 42.5 Å². The second-order valence-corrected chi connectivity index (χ2v) is 5.92. The van der Waals surface area contributed by atoms with Gasteiger partial charge in [0.05, 0.1) is 18.3 Å². The monoisotopic (exact) mass is 330 g/mol. The summed E-state index contributed by atoms with van der Waals surface area (Å²) in [5.74, 6) is 0.440. The minimum Gasteiger partial charge on any atom is -0.477 e. The minimum atomic E-state index is -0.899. The van der Waals surface area contributed by atoms with E-state index in [0.717, 1.165) is 0 Å². The van der Waals surface area contributed by atoms with Crippen LogP contribution in [0.3, 0.4) is 0 Å². The third-order valence-corrected chi connectivity index (χ3v) is 3.87. The van der Waals surface area contributed by atoms with Crippen LogP contribution in [-0.4, -0.2) is 29.1 Å². The molecule has 3 rings (SSSR count). The van der Waals surface area contributed by atoms with Crippen LogP contribution in [0.5, 0.6) is 5.88 Å². The number of nitrogens with zero attached hydrogens (tertiary/aromatic N) is 1. The molecule has 1 aromatic heterocycles. The van der Waals surface area contributed by atoms with Gasteiger partial charge in [0.15, 0.2) is 0 Å². The fourth-order valence-corrected chi connectivity index (χ4v) is 2.18. The van der Waals surface area contributed by atoms with Crippen molar-refractivity contribution in [1.29, 1.82) is 0 Å². The molecule has 1 saturated carbocycles. The number of aliphatic hydroxyl groups is 1. The molecule has 0 saturated heterocycles. The highest BCUT2D eigenvalue weighted by Crippen LogP contribution is 2.29. The van der Waals surface area contributed by atoms with E-state index in [-0.39, 0.29) is 18.3 Å². The van der Waals surface area contributed by atoms with Gasteiger partial charge in [0.25, 0.3) is 5.91 Å². The van der Waals surface area contributed by atoms with Crippen LogP contribution in [0.2, 0.25) is 0 Å². The Bertz CT molecular complexity index is 684. The molecule has 6 heteroatoms. The van der Waals surface area contributed by atoms with Gasteiger partial charge in [-0.15, -0.1) is 0 Å². The molecule has 0 radical (unpaired) electrons. The van der Waals surface area contributed by atoms with Crippen LogP contribution in [0.1, 0.15) is 34.9 Å². The molecule has 1 atom stereocenters. The molecule has 0 aliphatic heterocycles. The highest BCUT2D eigenvalue weighted by atomic mass is 19.1. The predicted molar refractivity (Wildman–Crippen MR) is 86.1 cm³/mol. The molecule has 1 unspecified atom stereocenters. The molecule has 0 bridgehead atoms. The van der Waals surface area contributed by atoms with Crippen molar-refractivity contribution >= 4 is 5.91 Å². The Labute approximate surface area is 139 Å². The first-order valence-electron chi connectivity index (χ1n) is 7.92. The molecule has 2 N–H and O–H groups in total. The van der Waals surface area contributed by atoms with Crippen molar-refractivity contribution in [2.75, 3.05) is 13.2 Å². The molecule has 5 nitrogen and oxygen atoms in total. The molecule has 1 heterocycles. The molecule has 1 aromatic carbocycles. The van der Waals surface area contributed by atoms with Crippen LogP contribution in [0.25, 0.3) is 0 Å². The number of benzene rings is 1. The summed E-state index contributed by atoms with van der Waals surface area (Å²) in [6.45, 7) is 0.701. The van der Waals surface area contributed by atoms with E-state index in [1.54, 1.807) is 12.1 Å². The summed E-state index contributed by atoms with van der Waals surface area (Å²) >= 11 is 0. The number of hydrogen-bond donors (Lipinski definition) is 2. The lowest BCUT2D eigenvalue weighted by molar-refractivity contribution is 0.0916. The van der Waals surface area contributed by atoms with Crippen molar-refractivity contribution < 1.29 is 19.0 Å². The van der Waals surface area contributed by atoms with Crippen LogP contribution < -0.4 is 10.1 Å². The molecule has 1 aliphatic rings. The molecule has 126 valence electrons. The number of nitrogens with one attached hydrogen (secondary N) is 1. The lowest BCUT2D eigenvalue weighted by atomic mass is 10.1. The molecular weight excluding hydrogens is 311 g/mol. The Morgan fingerprint density at radius 3 is 2.67 bits per heavy atom. The average Bonchev–Trinajstić information content (AvgIpc) is 3.43. The molecule has 2 aromatic rings. The summed E-state index contributed by atoms with van der Waals surface area (Å²) in [7, 11) is 0. The van der Waals surface area contributed by atoms with Gasteiger partial charge in [-0.25, -0.2) is 9.37 Å². The van der Waals surface area contributed by atoms with Crippen molar-refractivity contribution in [1.82, 2.24) is 10.3 Å². The van der Waals surface area contributed by atoms with E-state index >= 15 is 0 Å². The third-order valence-electron chi connectivity index (χ3n) is 3.87. The zero-order valence-electron chi connectivity index (χ0n) is 13.1. The van der Waals surface area contributed by atoms with Gasteiger partial charge in [-0.2, -0.15) is 0 Å². The van der Waals surface area contributed by atoms with Gasteiger partial charge in [0.2, 0.25) is 5.88 Å². The molecule has 0 spiro atoms. The Morgan fingerprint density at radius 1 is 1.29 bits per heavy atom. The van der Waals surface area contributed by atoms with Gasteiger partial charge in [-0.1, -0.05) is 12.1 Å². The number of pyridine rings is 1. The lowest BCUT2D eigenvalue weighted by Crippen LogP contribution is -2.28. The molecule has 1 amide bonds. The maximum atomic E-state index is 12.9. The molecule has 1 aliphatic carbocycles. The summed E-state index contributed by atoms with van der Waals surface area (Å²) in [6, 6.07) is 8.80. The van der Waals surface area contributed by atoms with E-state index in [4.69, 9.17) is 4.74 Å². The number of carbonyl (C=O) groups excluding carboxylic acids is 1. The second-order valence-electron chi connectivity index (χ2n) is 5.92. The van der Waals surface area contributed by atoms with Gasteiger partial charge in [0.1, 0.15) is 5.82 Å². The minimum absolute atomic E-state index is 0.0321. The number of hydrogen-bond acceptors (Lipinski definition) is 4. The van der Waals surface area contributed by atoms with E-state index in [1.807, 2.05) is 0 Å². The first-order chi connectivity index (χ1) is 11.6. The van der Waals surface area contributed by atoms with E-state index in [1.165, 1.54) is 43.3 Å². The molecular formula is C18H19FN2O3. The Balaban J connectivity index is 1.49. The van der Waals surface area contributed by atoms with Crippen molar-refractivity contribution in [2.24, 2.45) is 5.92 Å². The number of rotatable bonds is 7. The fourth-order valence-electron chi connectivity index (χ4n) is 2.18. The molecule has 24 heavy (non-hydrogen) atoms. The smallest absolute Gasteiger partial charge is 0.252 e. The number of ether oxygens (including phenoxy) is 1. The standard InChI is InChI=1S/C18H19FN2O3/c19-15-6-3-13(4-7-15)16(22)10-21-18(23)14-5-8-17(20-9-14)24-11-12-1-2-12/h3-9,12,16,22H,1-2,10-11H2,(H,21,23). The van der Waals surface area contributed by atoms with Crippen LogP contribution in [0.4, 0.5) is 4.39 Å². The second kappa shape index (κ2) is 7.40. The predicted octanol–water partition coefficient (Wildman–Crippen LogP) is 2.47. The summed E-state index contributed by atoms with van der Waals surface area (Å²) in [4.78, 5) is 16.2. The Morgan fingerprint density at radius 2 is 2.04 bits per heavy atom. The Hall–Kier alpha value is -2.47. The normalized spacial score (nSPS) is 14.9. The fraction of sp³-hybridized carbons (Fsp3) is 0.333. The quantitative estimate of drug-likeness (QED) is 0.818. The highest BCUT2D eigenvalue weighted by molar-refractivity contribution is 5.93.